The number of carbonyl (C=O) groups is 4. The summed E-state index contributed by atoms with van der Waals surface area (Å²) in [4.78, 5) is 56.1. The second-order valence-corrected chi connectivity index (χ2v) is 14.1. The Balaban J connectivity index is 0.000000234. The van der Waals surface area contributed by atoms with Gasteiger partial charge < -0.3 is 25.1 Å². The minimum absolute atomic E-state index is 0. The van der Waals surface area contributed by atoms with E-state index in [1.807, 2.05) is 0 Å². The van der Waals surface area contributed by atoms with Gasteiger partial charge >= 0.3 is 47.9 Å². The molecule has 0 saturated heterocycles. The van der Waals surface area contributed by atoms with Crippen molar-refractivity contribution in [3.05, 3.63) is 191 Å². The summed E-state index contributed by atoms with van der Waals surface area (Å²) in [6.07, 6.45) is -5.48. The minimum Gasteiger partial charge on any atom is -0.544 e. The summed E-state index contributed by atoms with van der Waals surface area (Å²) in [6.45, 7) is 0. The van der Waals surface area contributed by atoms with E-state index in [2.05, 4.69) is 20.6 Å². The minimum atomic E-state index is -4.44. The van der Waals surface area contributed by atoms with Gasteiger partial charge in [0, 0.05) is 51.2 Å². The van der Waals surface area contributed by atoms with Crippen LogP contribution in [-0.4, -0.2) is 39.1 Å². The molecule has 0 spiro atoms. The Morgan fingerprint density at radius 2 is 0.970 bits per heavy atom. The number of benzene rings is 6. The van der Waals surface area contributed by atoms with Crippen LogP contribution in [0.5, 0.6) is 0 Å². The van der Waals surface area contributed by atoms with Crippen molar-refractivity contribution in [2.75, 3.05) is 10.6 Å². The maximum atomic E-state index is 12.9. The van der Waals surface area contributed by atoms with Crippen molar-refractivity contribution in [3.8, 4) is 22.3 Å². The van der Waals surface area contributed by atoms with E-state index in [0.717, 1.165) is 29.7 Å². The molecule has 0 aliphatic carbocycles. The zero-order valence-electron chi connectivity index (χ0n) is 34.5. The van der Waals surface area contributed by atoms with Crippen molar-refractivity contribution in [1.82, 2.24) is 9.97 Å². The van der Waals surface area contributed by atoms with E-state index >= 15 is 0 Å². The summed E-state index contributed by atoms with van der Waals surface area (Å²) >= 11 is -0.417. The zero-order valence-corrected chi connectivity index (χ0v) is 37.3. The van der Waals surface area contributed by atoms with Crippen LogP contribution in [0.1, 0.15) is 52.6 Å². The molecule has 0 radical (unpaired) electrons. The maximum Gasteiger partial charge on any atom is 1.00 e. The maximum absolute atomic E-state index is 12.9. The van der Waals surface area contributed by atoms with Crippen molar-refractivity contribution < 1.29 is 101 Å². The molecule has 0 unspecified atom stereocenters. The van der Waals surface area contributed by atoms with Crippen LogP contribution in [0, 0.1) is 11.3 Å². The normalized spacial score (nSPS) is 10.9. The number of aromatic carboxylic acids is 1. The van der Waals surface area contributed by atoms with E-state index in [1.165, 1.54) is 42.7 Å². The number of amides is 2. The van der Waals surface area contributed by atoms with Gasteiger partial charge in [0.05, 0.1) is 39.0 Å². The van der Waals surface area contributed by atoms with E-state index in [-0.39, 0.29) is 35.1 Å². The molecule has 6 aromatic carbocycles. The van der Waals surface area contributed by atoms with E-state index < -0.39 is 52.6 Å². The number of carbonyl (C=O) groups excluding carboxylic acids is 3. The Morgan fingerprint density at radius 1 is 0.567 bits per heavy atom. The van der Waals surface area contributed by atoms with Gasteiger partial charge in [-0.1, -0.05) is 72.8 Å². The first-order chi connectivity index (χ1) is 31.5. The average Bonchev–Trinajstić information content (AvgIpc) is 3.31. The Bertz CT molecular complexity index is 3070. The number of carboxylic acid groups (broad SMARTS) is 1. The molecule has 2 amide bonds. The van der Waals surface area contributed by atoms with Crippen molar-refractivity contribution in [2.45, 2.75) is 12.4 Å². The number of nitrogens with one attached hydrogen (secondary N) is 2. The molecule has 0 aliphatic heterocycles. The van der Waals surface area contributed by atoms with Crippen molar-refractivity contribution in [2.24, 2.45) is 0 Å². The summed E-state index contributed by atoms with van der Waals surface area (Å²) < 4.78 is 93.5. The Kier molecular flexibility index (Phi) is 17.1. The van der Waals surface area contributed by atoms with Crippen LogP contribution >= 0.6 is 0 Å². The number of aldehydes is 1. The fourth-order valence-electron chi connectivity index (χ4n) is 6.54. The smallest absolute Gasteiger partial charge is 0.544 e. The summed E-state index contributed by atoms with van der Waals surface area (Å²) in [6, 6.07) is 35.8. The standard InChI is InChI=1S/C24H15F3N2O3.C24H15F3N2O2.ClO2.Na/c25-24(26,27)17-8-5-14(6-9-17)19-3-1-2-4-20(19)22(30)29-18-10-7-15-11-16(23(31)32)13-28-21(15)12-18;25-24(26,27)18-8-5-16(6-9-18)20-3-1-2-4-21(20)23(31)29-19-10-7-17-11-15(14-30)13-28-22(17)12-19;2-1-3;/h1-13H,(H,29,30)(H,31,32);1-14H,(H,29,31);;/q;;-1;+1. The molecule has 2 heterocycles. The van der Waals surface area contributed by atoms with E-state index in [1.54, 1.807) is 91.0 Å². The fourth-order valence-corrected chi connectivity index (χ4v) is 6.54. The van der Waals surface area contributed by atoms with Crippen molar-refractivity contribution in [3.63, 3.8) is 0 Å². The Hall–Kier alpha value is -6.99. The number of fused-ring (bicyclic) bond motifs is 2. The number of anilines is 2. The molecule has 8 aromatic rings. The first-order valence-electron chi connectivity index (χ1n) is 19.0. The number of hydrogen-bond acceptors (Lipinski definition) is 8. The number of rotatable bonds is 8. The molecule has 3 N–H and O–H groups in total. The predicted molar refractivity (Wildman–Crippen MR) is 225 cm³/mol. The van der Waals surface area contributed by atoms with Gasteiger partial charge in [-0.2, -0.15) is 26.3 Å². The van der Waals surface area contributed by atoms with Gasteiger partial charge in [0.25, 0.3) is 11.8 Å². The molecule has 67 heavy (non-hydrogen) atoms. The van der Waals surface area contributed by atoms with Crippen molar-refractivity contribution >= 4 is 57.3 Å². The number of halogens is 7. The average molecular weight is 947 g/mol. The Labute approximate surface area is 402 Å². The number of hydrogen-bond donors (Lipinski definition) is 3. The second kappa shape index (κ2) is 22.5. The van der Waals surface area contributed by atoms with Gasteiger partial charge in [-0.05, 0) is 95.1 Å². The first-order valence-corrected chi connectivity index (χ1v) is 19.6. The van der Waals surface area contributed by atoms with E-state index in [9.17, 15) is 45.5 Å². The molecule has 8 rings (SSSR count). The number of pyridine rings is 2. The summed E-state index contributed by atoms with van der Waals surface area (Å²) in [7, 11) is 0. The topological polar surface area (TPSA) is 184 Å². The molecule has 11 nitrogen and oxygen atoms in total. The van der Waals surface area contributed by atoms with Gasteiger partial charge in [-0.15, -0.1) is 0 Å². The Morgan fingerprint density at radius 3 is 1.37 bits per heavy atom. The molecule has 0 atom stereocenters. The molecule has 19 heteroatoms. The summed E-state index contributed by atoms with van der Waals surface area (Å²) in [5, 5.41) is 16.0. The van der Waals surface area contributed by atoms with Crippen molar-refractivity contribution in [1.29, 1.82) is 0 Å². The van der Waals surface area contributed by atoms with Gasteiger partial charge in [0.2, 0.25) is 0 Å². The first kappa shape index (κ1) is 51.0. The van der Waals surface area contributed by atoms with E-state index in [0.29, 0.717) is 73.0 Å². The molecule has 0 saturated carbocycles. The third-order valence-electron chi connectivity index (χ3n) is 9.68. The number of aromatic nitrogens is 2. The van der Waals surface area contributed by atoms with Crippen LogP contribution in [0.15, 0.2) is 158 Å². The van der Waals surface area contributed by atoms with Crippen LogP contribution in [-0.2, 0) is 12.4 Å². The molecular formula is C48H30ClF6N4NaO7. The number of alkyl halides is 6. The second-order valence-electron chi connectivity index (χ2n) is 13.9. The molecule has 2 aromatic heterocycles. The number of carboxylic acids is 1. The molecule has 0 fully saturated rings. The largest absolute Gasteiger partial charge is 1.00 e. The summed E-state index contributed by atoms with van der Waals surface area (Å²) in [5.74, 6) is -1.93. The van der Waals surface area contributed by atoms with Crippen LogP contribution in [0.3, 0.4) is 0 Å². The monoisotopic (exact) mass is 946 g/mol. The SMILES string of the molecule is O=C(O)c1cnc2cc(NC(=O)c3ccccc3-c3ccc(C(F)(F)F)cc3)ccc2c1.O=Cc1cnc2cc(NC(=O)c3ccccc3-c3ccc(C(F)(F)F)cc3)ccc2c1.[Na+].[O-][Cl+][O-]. The zero-order chi connectivity index (χ0) is 47.6. The molecule has 0 bridgehead atoms. The fraction of sp³-hybridized carbons (Fsp3) is 0.0417. The third-order valence-corrected chi connectivity index (χ3v) is 9.68. The quantitative estimate of drug-likeness (QED) is 0.0872. The van der Waals surface area contributed by atoms with Gasteiger partial charge in [-0.25, -0.2) is 4.79 Å². The van der Waals surface area contributed by atoms with Crippen LogP contribution in [0.2, 0.25) is 0 Å². The molecule has 0 aliphatic rings. The van der Waals surface area contributed by atoms with Crippen LogP contribution in [0.25, 0.3) is 44.1 Å². The van der Waals surface area contributed by atoms with Crippen LogP contribution in [0.4, 0.5) is 37.7 Å². The van der Waals surface area contributed by atoms with E-state index in [4.69, 9.17) is 14.4 Å². The number of nitrogens with zero attached hydrogens (tertiary/aromatic N) is 2. The summed E-state index contributed by atoms with van der Waals surface area (Å²) in [5.41, 5.74) is 3.66. The third kappa shape index (κ3) is 13.1. The molecule has 334 valence electrons. The molecular weight excluding hydrogens is 917 g/mol. The van der Waals surface area contributed by atoms with Gasteiger partial charge in [0.15, 0.2) is 6.29 Å². The van der Waals surface area contributed by atoms with Crippen LogP contribution < -0.4 is 49.5 Å². The predicted octanol–water partition coefficient (Wildman–Crippen LogP) is 6.48. The van der Waals surface area contributed by atoms with Gasteiger partial charge in [-0.3, -0.25) is 24.4 Å². The van der Waals surface area contributed by atoms with Gasteiger partial charge in [0.1, 0.15) is 0 Å².